The van der Waals surface area contributed by atoms with E-state index in [2.05, 4.69) is 12.2 Å². The predicted molar refractivity (Wildman–Crippen MR) is 67.5 cm³/mol. The summed E-state index contributed by atoms with van der Waals surface area (Å²) in [6.45, 7) is 3.00. The number of hydrogen-bond donors (Lipinski definition) is 1. The van der Waals surface area contributed by atoms with Crippen molar-refractivity contribution in [3.63, 3.8) is 0 Å². The van der Waals surface area contributed by atoms with E-state index in [9.17, 15) is 13.2 Å². The average Bonchev–Trinajstić information content (AvgIpc) is 2.74. The average molecular weight is 269 g/mol. The van der Waals surface area contributed by atoms with Crippen molar-refractivity contribution in [2.75, 3.05) is 12.3 Å². The summed E-state index contributed by atoms with van der Waals surface area (Å²) in [6, 6.07) is 0.268. The molecule has 0 spiro atoms. The van der Waals surface area contributed by atoms with E-state index < -0.39 is 12.6 Å². The molecule has 1 aliphatic rings. The molecule has 0 radical (unpaired) electrons. The van der Waals surface area contributed by atoms with Crippen LogP contribution in [0.15, 0.2) is 0 Å². The highest BCUT2D eigenvalue weighted by Gasteiger charge is 2.29. The van der Waals surface area contributed by atoms with Crippen LogP contribution in [0.2, 0.25) is 0 Å². The lowest BCUT2D eigenvalue weighted by atomic mass is 10.0. The summed E-state index contributed by atoms with van der Waals surface area (Å²) in [6.07, 6.45) is -0.351. The maximum Gasteiger partial charge on any atom is 0.389 e. The molecular weight excluding hydrogens is 247 g/mol. The van der Waals surface area contributed by atoms with Gasteiger partial charge in [-0.2, -0.15) is 24.9 Å². The second-order valence-electron chi connectivity index (χ2n) is 4.62. The van der Waals surface area contributed by atoms with Gasteiger partial charge in [-0.15, -0.1) is 0 Å². The van der Waals surface area contributed by atoms with Crippen LogP contribution in [0.25, 0.3) is 0 Å². The molecule has 1 aliphatic heterocycles. The van der Waals surface area contributed by atoms with E-state index >= 15 is 0 Å². The van der Waals surface area contributed by atoms with E-state index in [1.54, 1.807) is 0 Å². The van der Waals surface area contributed by atoms with Crippen molar-refractivity contribution in [3.8, 4) is 0 Å². The Balaban J connectivity index is 2.29. The summed E-state index contributed by atoms with van der Waals surface area (Å²) in [5.74, 6) is 1.16. The van der Waals surface area contributed by atoms with Crippen LogP contribution in [-0.2, 0) is 0 Å². The second kappa shape index (κ2) is 7.52. The SMILES string of the molecule is CCCNC(CCCC(F)(F)F)C1CCCS1. The van der Waals surface area contributed by atoms with Crippen molar-refractivity contribution < 1.29 is 13.2 Å². The first-order chi connectivity index (χ1) is 8.03. The minimum absolute atomic E-state index is 0.252. The van der Waals surface area contributed by atoms with E-state index in [0.717, 1.165) is 25.1 Å². The Morgan fingerprint density at radius 1 is 1.41 bits per heavy atom. The van der Waals surface area contributed by atoms with Gasteiger partial charge in [0.05, 0.1) is 0 Å². The molecule has 102 valence electrons. The summed E-state index contributed by atoms with van der Waals surface area (Å²) in [5, 5.41) is 3.93. The van der Waals surface area contributed by atoms with Crippen molar-refractivity contribution in [2.24, 2.45) is 0 Å². The minimum Gasteiger partial charge on any atom is -0.313 e. The van der Waals surface area contributed by atoms with Crippen molar-refractivity contribution in [1.29, 1.82) is 0 Å². The Labute approximate surface area is 106 Å². The summed E-state index contributed by atoms with van der Waals surface area (Å²) in [7, 11) is 0. The minimum atomic E-state index is -4.00. The molecule has 0 amide bonds. The van der Waals surface area contributed by atoms with Gasteiger partial charge in [0.15, 0.2) is 0 Å². The van der Waals surface area contributed by atoms with Gasteiger partial charge in [0.1, 0.15) is 0 Å². The molecule has 0 aromatic rings. The smallest absolute Gasteiger partial charge is 0.313 e. The zero-order valence-corrected chi connectivity index (χ0v) is 11.2. The van der Waals surface area contributed by atoms with Gasteiger partial charge >= 0.3 is 6.18 Å². The first-order valence-corrected chi connectivity index (χ1v) is 7.49. The lowest BCUT2D eigenvalue weighted by Crippen LogP contribution is -2.37. The van der Waals surface area contributed by atoms with Crippen molar-refractivity contribution in [3.05, 3.63) is 0 Å². The number of thioether (sulfide) groups is 1. The molecule has 1 heterocycles. The van der Waals surface area contributed by atoms with Crippen molar-refractivity contribution in [2.45, 2.75) is 62.9 Å². The summed E-state index contributed by atoms with van der Waals surface area (Å²) in [5.41, 5.74) is 0. The zero-order chi connectivity index (χ0) is 12.7. The van der Waals surface area contributed by atoms with Crippen molar-refractivity contribution >= 4 is 11.8 Å². The van der Waals surface area contributed by atoms with Gasteiger partial charge in [-0.3, -0.25) is 0 Å². The second-order valence-corrected chi connectivity index (χ2v) is 5.97. The Bertz CT molecular complexity index is 202. The maximum absolute atomic E-state index is 12.1. The first kappa shape index (κ1) is 15.2. The highest BCUT2D eigenvalue weighted by molar-refractivity contribution is 8.00. The third-order valence-corrected chi connectivity index (χ3v) is 4.56. The number of nitrogens with one attached hydrogen (secondary N) is 1. The molecule has 0 aliphatic carbocycles. The fraction of sp³-hybridized carbons (Fsp3) is 1.00. The zero-order valence-electron chi connectivity index (χ0n) is 10.4. The largest absolute Gasteiger partial charge is 0.389 e. The van der Waals surface area contributed by atoms with E-state index in [4.69, 9.17) is 0 Å². The Morgan fingerprint density at radius 2 is 2.18 bits per heavy atom. The molecule has 0 bridgehead atoms. The topological polar surface area (TPSA) is 12.0 Å². The van der Waals surface area contributed by atoms with Gasteiger partial charge in [0.2, 0.25) is 0 Å². The van der Waals surface area contributed by atoms with Gasteiger partial charge in [0, 0.05) is 17.7 Å². The van der Waals surface area contributed by atoms with Gasteiger partial charge in [-0.25, -0.2) is 0 Å². The van der Waals surface area contributed by atoms with E-state index in [1.165, 1.54) is 6.42 Å². The molecule has 2 unspecified atom stereocenters. The molecule has 17 heavy (non-hydrogen) atoms. The van der Waals surface area contributed by atoms with Crippen LogP contribution >= 0.6 is 11.8 Å². The number of alkyl halides is 3. The van der Waals surface area contributed by atoms with E-state index in [-0.39, 0.29) is 12.5 Å². The molecule has 0 aromatic carbocycles. The first-order valence-electron chi connectivity index (χ1n) is 6.44. The summed E-state index contributed by atoms with van der Waals surface area (Å²) < 4.78 is 36.3. The van der Waals surface area contributed by atoms with Crippen LogP contribution in [0.5, 0.6) is 0 Å². The maximum atomic E-state index is 12.1. The number of halogens is 3. The van der Waals surface area contributed by atoms with Crippen LogP contribution in [-0.4, -0.2) is 29.8 Å². The van der Waals surface area contributed by atoms with Crippen LogP contribution in [0.1, 0.15) is 45.4 Å². The molecule has 1 rings (SSSR count). The highest BCUT2D eigenvalue weighted by Crippen LogP contribution is 2.31. The lowest BCUT2D eigenvalue weighted by Gasteiger charge is -2.24. The van der Waals surface area contributed by atoms with Crippen molar-refractivity contribution in [1.82, 2.24) is 5.32 Å². The molecule has 1 fully saturated rings. The van der Waals surface area contributed by atoms with E-state index in [0.29, 0.717) is 11.7 Å². The van der Waals surface area contributed by atoms with Crippen LogP contribution in [0, 0.1) is 0 Å². The molecule has 1 nitrogen and oxygen atoms in total. The van der Waals surface area contributed by atoms with Gasteiger partial charge in [0.25, 0.3) is 0 Å². The monoisotopic (exact) mass is 269 g/mol. The Morgan fingerprint density at radius 3 is 2.71 bits per heavy atom. The summed E-state index contributed by atoms with van der Waals surface area (Å²) >= 11 is 1.92. The molecule has 0 aromatic heterocycles. The fourth-order valence-electron chi connectivity index (χ4n) is 2.19. The van der Waals surface area contributed by atoms with Gasteiger partial charge in [-0.05, 0) is 44.4 Å². The number of rotatable bonds is 7. The molecule has 0 saturated carbocycles. The highest BCUT2D eigenvalue weighted by atomic mass is 32.2. The Hall–Kier alpha value is 0.100. The van der Waals surface area contributed by atoms with Crippen LogP contribution < -0.4 is 5.32 Å². The normalized spacial score (nSPS) is 22.9. The van der Waals surface area contributed by atoms with Crippen LogP contribution in [0.3, 0.4) is 0 Å². The Kier molecular flexibility index (Phi) is 6.70. The molecule has 5 heteroatoms. The third kappa shape index (κ3) is 6.55. The molecule has 1 saturated heterocycles. The van der Waals surface area contributed by atoms with Gasteiger partial charge in [-0.1, -0.05) is 6.92 Å². The molecular formula is C12H22F3NS. The van der Waals surface area contributed by atoms with E-state index in [1.807, 2.05) is 11.8 Å². The molecule has 2 atom stereocenters. The van der Waals surface area contributed by atoms with Crippen LogP contribution in [0.4, 0.5) is 13.2 Å². The third-order valence-electron chi connectivity index (χ3n) is 3.05. The summed E-state index contributed by atoms with van der Waals surface area (Å²) in [4.78, 5) is 0. The lowest BCUT2D eigenvalue weighted by molar-refractivity contribution is -0.135. The quantitative estimate of drug-likeness (QED) is 0.750. The van der Waals surface area contributed by atoms with Gasteiger partial charge < -0.3 is 5.32 Å². The standard InChI is InChI=1S/C12H22F3NS/c1-2-8-16-10(11-6-4-9-17-11)5-3-7-12(13,14)15/h10-11,16H,2-9H2,1H3. The molecule has 1 N–H and O–H groups in total. The number of hydrogen-bond acceptors (Lipinski definition) is 2. The predicted octanol–water partition coefficient (Wildman–Crippen LogP) is 3.98. The fourth-order valence-corrected chi connectivity index (χ4v) is 3.63.